The molecule has 2 atom stereocenters. The van der Waals surface area contributed by atoms with Gasteiger partial charge in [-0.15, -0.1) is 0 Å². The Hall–Kier alpha value is -2.49. The number of ether oxygens (including phenoxy) is 1. The predicted octanol–water partition coefficient (Wildman–Crippen LogP) is 3.50. The highest BCUT2D eigenvalue weighted by atomic mass is 16.5. The Bertz CT molecular complexity index is 649. The first-order valence-electron chi connectivity index (χ1n) is 7.37. The van der Waals surface area contributed by atoms with Crippen LogP contribution in [0.1, 0.15) is 23.5 Å². The SMILES string of the molecule is COc1ccc(CNc2ccc(C3CC3C(=O)O)cc2)cc1. The highest BCUT2D eigenvalue weighted by molar-refractivity contribution is 5.75. The minimum atomic E-state index is -0.688. The van der Waals surface area contributed by atoms with Crippen molar-refractivity contribution in [2.24, 2.45) is 5.92 Å². The van der Waals surface area contributed by atoms with Gasteiger partial charge in [0.1, 0.15) is 5.75 Å². The molecule has 0 bridgehead atoms. The summed E-state index contributed by atoms with van der Waals surface area (Å²) in [6.07, 6.45) is 0.758. The Morgan fingerprint density at radius 2 is 1.86 bits per heavy atom. The lowest BCUT2D eigenvalue weighted by Gasteiger charge is -2.08. The van der Waals surface area contributed by atoms with E-state index in [1.54, 1.807) is 7.11 Å². The maximum absolute atomic E-state index is 10.9. The van der Waals surface area contributed by atoms with E-state index in [4.69, 9.17) is 9.84 Å². The number of carbonyl (C=O) groups is 1. The largest absolute Gasteiger partial charge is 0.497 e. The van der Waals surface area contributed by atoms with Crippen molar-refractivity contribution in [1.29, 1.82) is 0 Å². The van der Waals surface area contributed by atoms with Crippen LogP contribution in [0, 0.1) is 5.92 Å². The molecule has 1 fully saturated rings. The minimum absolute atomic E-state index is 0.188. The Morgan fingerprint density at radius 1 is 1.18 bits per heavy atom. The zero-order valence-electron chi connectivity index (χ0n) is 12.5. The molecular formula is C18H19NO3. The van der Waals surface area contributed by atoms with Crippen LogP contribution in [0.15, 0.2) is 48.5 Å². The second-order valence-corrected chi connectivity index (χ2v) is 5.61. The lowest BCUT2D eigenvalue weighted by atomic mass is 10.1. The highest BCUT2D eigenvalue weighted by Crippen LogP contribution is 2.47. The van der Waals surface area contributed by atoms with Crippen molar-refractivity contribution < 1.29 is 14.6 Å². The summed E-state index contributed by atoms with van der Waals surface area (Å²) in [6.45, 7) is 0.741. The minimum Gasteiger partial charge on any atom is -0.497 e. The normalized spacial score (nSPS) is 19.5. The maximum Gasteiger partial charge on any atom is 0.307 e. The summed E-state index contributed by atoms with van der Waals surface area (Å²) < 4.78 is 5.14. The lowest BCUT2D eigenvalue weighted by molar-refractivity contribution is -0.138. The molecule has 2 unspecified atom stereocenters. The van der Waals surface area contributed by atoms with Crippen LogP contribution in [-0.2, 0) is 11.3 Å². The molecule has 2 N–H and O–H groups in total. The summed E-state index contributed by atoms with van der Waals surface area (Å²) in [7, 11) is 1.66. The topological polar surface area (TPSA) is 58.6 Å². The van der Waals surface area contributed by atoms with E-state index in [1.807, 2.05) is 48.5 Å². The average Bonchev–Trinajstić information content (AvgIpc) is 3.35. The molecule has 22 heavy (non-hydrogen) atoms. The van der Waals surface area contributed by atoms with Crippen molar-refractivity contribution in [2.45, 2.75) is 18.9 Å². The van der Waals surface area contributed by atoms with Crippen LogP contribution in [0.2, 0.25) is 0 Å². The van der Waals surface area contributed by atoms with Crippen molar-refractivity contribution in [3.63, 3.8) is 0 Å². The van der Waals surface area contributed by atoms with E-state index in [1.165, 1.54) is 5.56 Å². The summed E-state index contributed by atoms with van der Waals surface area (Å²) in [4.78, 5) is 10.9. The van der Waals surface area contributed by atoms with Crippen LogP contribution in [-0.4, -0.2) is 18.2 Å². The molecule has 0 radical (unpaired) electrons. The molecule has 1 saturated carbocycles. The molecule has 0 amide bonds. The quantitative estimate of drug-likeness (QED) is 0.857. The Labute approximate surface area is 129 Å². The van der Waals surface area contributed by atoms with Gasteiger partial charge in [0.15, 0.2) is 0 Å². The van der Waals surface area contributed by atoms with Gasteiger partial charge in [0, 0.05) is 12.2 Å². The molecule has 4 heteroatoms. The van der Waals surface area contributed by atoms with Gasteiger partial charge < -0.3 is 15.2 Å². The van der Waals surface area contributed by atoms with Crippen LogP contribution >= 0.6 is 0 Å². The van der Waals surface area contributed by atoms with E-state index in [-0.39, 0.29) is 11.8 Å². The Kier molecular flexibility index (Phi) is 4.00. The van der Waals surface area contributed by atoms with Crippen molar-refractivity contribution in [3.8, 4) is 5.75 Å². The number of carboxylic acids is 1. The number of aliphatic carboxylic acids is 1. The van der Waals surface area contributed by atoms with E-state index in [0.717, 1.165) is 30.0 Å². The van der Waals surface area contributed by atoms with E-state index >= 15 is 0 Å². The number of benzene rings is 2. The molecule has 114 valence electrons. The van der Waals surface area contributed by atoms with Crippen LogP contribution in [0.3, 0.4) is 0 Å². The highest BCUT2D eigenvalue weighted by Gasteiger charge is 2.43. The van der Waals surface area contributed by atoms with Crippen LogP contribution in [0.4, 0.5) is 5.69 Å². The first-order valence-corrected chi connectivity index (χ1v) is 7.37. The lowest BCUT2D eigenvalue weighted by Crippen LogP contribution is -2.00. The van der Waals surface area contributed by atoms with E-state index in [9.17, 15) is 4.79 Å². The molecule has 0 aliphatic heterocycles. The third-order valence-corrected chi connectivity index (χ3v) is 4.10. The molecule has 0 saturated heterocycles. The number of methoxy groups -OCH3 is 1. The van der Waals surface area contributed by atoms with Gasteiger partial charge >= 0.3 is 5.97 Å². The Morgan fingerprint density at radius 3 is 2.41 bits per heavy atom. The number of hydrogen-bond acceptors (Lipinski definition) is 3. The molecule has 2 aromatic rings. The summed E-state index contributed by atoms with van der Waals surface area (Å²) in [5.74, 6) is 0.156. The summed E-state index contributed by atoms with van der Waals surface area (Å²) in [6, 6.07) is 16.0. The van der Waals surface area contributed by atoms with Crippen molar-refractivity contribution in [2.75, 3.05) is 12.4 Å². The van der Waals surface area contributed by atoms with Gasteiger partial charge in [-0.3, -0.25) is 4.79 Å². The van der Waals surface area contributed by atoms with Crippen molar-refractivity contribution >= 4 is 11.7 Å². The summed E-state index contributed by atoms with van der Waals surface area (Å²) in [5, 5.41) is 12.3. The fourth-order valence-corrected chi connectivity index (χ4v) is 2.63. The van der Waals surface area contributed by atoms with Crippen molar-refractivity contribution in [1.82, 2.24) is 0 Å². The molecule has 0 aromatic heterocycles. The van der Waals surface area contributed by atoms with Crippen LogP contribution < -0.4 is 10.1 Å². The summed E-state index contributed by atoms with van der Waals surface area (Å²) >= 11 is 0. The fourth-order valence-electron chi connectivity index (χ4n) is 2.63. The molecule has 1 aliphatic carbocycles. The van der Waals surface area contributed by atoms with Gasteiger partial charge in [-0.05, 0) is 47.7 Å². The molecular weight excluding hydrogens is 278 g/mol. The third-order valence-electron chi connectivity index (χ3n) is 4.10. The number of hydrogen-bond donors (Lipinski definition) is 2. The molecule has 3 rings (SSSR count). The molecule has 1 aliphatic rings. The van der Waals surface area contributed by atoms with Crippen LogP contribution in [0.5, 0.6) is 5.75 Å². The first-order chi connectivity index (χ1) is 10.7. The Balaban J connectivity index is 1.56. The predicted molar refractivity (Wildman–Crippen MR) is 85.2 cm³/mol. The number of rotatable bonds is 6. The zero-order chi connectivity index (χ0) is 15.5. The summed E-state index contributed by atoms with van der Waals surface area (Å²) in [5.41, 5.74) is 3.33. The zero-order valence-corrected chi connectivity index (χ0v) is 12.5. The monoisotopic (exact) mass is 297 g/mol. The van der Waals surface area contributed by atoms with Gasteiger partial charge in [-0.25, -0.2) is 0 Å². The van der Waals surface area contributed by atoms with Crippen LogP contribution in [0.25, 0.3) is 0 Å². The standard InChI is InChI=1S/C18H19NO3/c1-22-15-8-2-12(3-9-15)11-19-14-6-4-13(5-7-14)16-10-17(16)18(20)21/h2-9,16-17,19H,10-11H2,1H3,(H,20,21). The second kappa shape index (κ2) is 6.10. The fraction of sp³-hybridized carbons (Fsp3) is 0.278. The van der Waals surface area contributed by atoms with Gasteiger partial charge in [-0.2, -0.15) is 0 Å². The van der Waals surface area contributed by atoms with E-state index in [0.29, 0.717) is 0 Å². The second-order valence-electron chi connectivity index (χ2n) is 5.61. The van der Waals surface area contributed by atoms with Crippen molar-refractivity contribution in [3.05, 3.63) is 59.7 Å². The molecule has 4 nitrogen and oxygen atoms in total. The van der Waals surface area contributed by atoms with E-state index < -0.39 is 5.97 Å². The van der Waals surface area contributed by atoms with Gasteiger partial charge in [0.25, 0.3) is 0 Å². The van der Waals surface area contributed by atoms with Gasteiger partial charge in [0.2, 0.25) is 0 Å². The number of anilines is 1. The first kappa shape index (κ1) is 14.4. The molecule has 0 spiro atoms. The molecule has 2 aromatic carbocycles. The molecule has 0 heterocycles. The third kappa shape index (κ3) is 3.22. The maximum atomic E-state index is 10.9. The smallest absolute Gasteiger partial charge is 0.307 e. The number of nitrogens with one attached hydrogen (secondary N) is 1. The van der Waals surface area contributed by atoms with Gasteiger partial charge in [0.05, 0.1) is 13.0 Å². The van der Waals surface area contributed by atoms with E-state index in [2.05, 4.69) is 5.32 Å². The van der Waals surface area contributed by atoms with Gasteiger partial charge in [-0.1, -0.05) is 24.3 Å². The average molecular weight is 297 g/mol. The number of carboxylic acid groups (broad SMARTS) is 1.